The molecule has 10 heavy (non-hydrogen) atoms. The minimum atomic E-state index is -0.554. The van der Waals surface area contributed by atoms with Crippen molar-refractivity contribution in [2.45, 2.75) is 31.2 Å². The molecule has 56 valence electrons. The standard InChI is InChI=1S/C8H13NO/c1-2-7(10)8(9)5-3-4-6-8/h2H,1,3-6,9H2. The van der Waals surface area contributed by atoms with Gasteiger partial charge in [0.05, 0.1) is 5.54 Å². The van der Waals surface area contributed by atoms with E-state index in [0.717, 1.165) is 25.7 Å². The summed E-state index contributed by atoms with van der Waals surface area (Å²) in [6.45, 7) is 3.42. The molecule has 0 saturated heterocycles. The highest BCUT2D eigenvalue weighted by molar-refractivity contribution is 5.97. The Labute approximate surface area is 61.1 Å². The van der Waals surface area contributed by atoms with Gasteiger partial charge in [-0.3, -0.25) is 4.79 Å². The van der Waals surface area contributed by atoms with Crippen LogP contribution in [0.25, 0.3) is 0 Å². The summed E-state index contributed by atoms with van der Waals surface area (Å²) in [5.41, 5.74) is 5.24. The van der Waals surface area contributed by atoms with Crippen LogP contribution in [-0.2, 0) is 4.79 Å². The Hall–Kier alpha value is -0.630. The molecule has 0 aromatic heterocycles. The lowest BCUT2D eigenvalue weighted by molar-refractivity contribution is -0.119. The van der Waals surface area contributed by atoms with Gasteiger partial charge in [0.15, 0.2) is 5.78 Å². The van der Waals surface area contributed by atoms with E-state index in [9.17, 15) is 4.79 Å². The lowest BCUT2D eigenvalue weighted by Crippen LogP contribution is -2.44. The molecule has 0 aromatic carbocycles. The van der Waals surface area contributed by atoms with Crippen molar-refractivity contribution in [1.29, 1.82) is 0 Å². The van der Waals surface area contributed by atoms with E-state index in [4.69, 9.17) is 5.73 Å². The van der Waals surface area contributed by atoms with Crippen LogP contribution in [0.1, 0.15) is 25.7 Å². The van der Waals surface area contributed by atoms with Crippen LogP contribution in [0.2, 0.25) is 0 Å². The van der Waals surface area contributed by atoms with Crippen molar-refractivity contribution >= 4 is 5.78 Å². The Balaban J connectivity index is 2.66. The molecule has 0 unspecified atom stereocenters. The van der Waals surface area contributed by atoms with Crippen molar-refractivity contribution in [2.24, 2.45) is 5.73 Å². The zero-order valence-corrected chi connectivity index (χ0v) is 6.10. The van der Waals surface area contributed by atoms with Crippen LogP contribution < -0.4 is 5.73 Å². The van der Waals surface area contributed by atoms with E-state index in [-0.39, 0.29) is 5.78 Å². The summed E-state index contributed by atoms with van der Waals surface area (Å²) < 4.78 is 0. The second kappa shape index (κ2) is 2.54. The van der Waals surface area contributed by atoms with E-state index >= 15 is 0 Å². The molecule has 0 amide bonds. The van der Waals surface area contributed by atoms with Gasteiger partial charge >= 0.3 is 0 Å². The average Bonchev–Trinajstić information content (AvgIpc) is 2.36. The molecule has 1 aliphatic carbocycles. The molecule has 2 nitrogen and oxygen atoms in total. The summed E-state index contributed by atoms with van der Waals surface area (Å²) in [7, 11) is 0. The molecule has 0 bridgehead atoms. The molecule has 2 heteroatoms. The highest BCUT2D eigenvalue weighted by atomic mass is 16.1. The van der Waals surface area contributed by atoms with Gasteiger partial charge in [-0.25, -0.2) is 0 Å². The highest BCUT2D eigenvalue weighted by Gasteiger charge is 2.34. The number of rotatable bonds is 2. The van der Waals surface area contributed by atoms with Gasteiger partial charge in [0.25, 0.3) is 0 Å². The summed E-state index contributed by atoms with van der Waals surface area (Å²) in [5.74, 6) is 0.00463. The molecule has 1 saturated carbocycles. The summed E-state index contributed by atoms with van der Waals surface area (Å²) in [6, 6.07) is 0. The van der Waals surface area contributed by atoms with E-state index in [1.54, 1.807) is 0 Å². The molecular formula is C8H13NO. The fraction of sp³-hybridized carbons (Fsp3) is 0.625. The fourth-order valence-corrected chi connectivity index (χ4v) is 1.46. The van der Waals surface area contributed by atoms with Gasteiger partial charge in [-0.2, -0.15) is 0 Å². The van der Waals surface area contributed by atoms with E-state index in [0.29, 0.717) is 0 Å². The van der Waals surface area contributed by atoms with E-state index in [2.05, 4.69) is 6.58 Å². The molecule has 0 atom stereocenters. The van der Waals surface area contributed by atoms with Crippen LogP contribution in [-0.4, -0.2) is 11.3 Å². The van der Waals surface area contributed by atoms with Gasteiger partial charge in [-0.05, 0) is 18.9 Å². The Morgan fingerprint density at radius 1 is 1.50 bits per heavy atom. The molecule has 1 fully saturated rings. The maximum atomic E-state index is 11.1. The quantitative estimate of drug-likeness (QED) is 0.580. The predicted octanol–water partition coefficient (Wildman–Crippen LogP) is 1.01. The van der Waals surface area contributed by atoms with Crippen molar-refractivity contribution < 1.29 is 4.79 Å². The summed E-state index contributed by atoms with van der Waals surface area (Å²) in [6.07, 6.45) is 5.16. The first-order valence-corrected chi connectivity index (χ1v) is 3.65. The van der Waals surface area contributed by atoms with Crippen molar-refractivity contribution in [2.75, 3.05) is 0 Å². The number of hydrogen-bond acceptors (Lipinski definition) is 2. The minimum absolute atomic E-state index is 0.00463. The van der Waals surface area contributed by atoms with Crippen molar-refractivity contribution in [3.05, 3.63) is 12.7 Å². The third kappa shape index (κ3) is 1.12. The number of ketones is 1. The second-order valence-corrected chi connectivity index (χ2v) is 2.93. The van der Waals surface area contributed by atoms with Gasteiger partial charge in [0, 0.05) is 0 Å². The van der Waals surface area contributed by atoms with E-state index in [1.807, 2.05) is 0 Å². The first-order chi connectivity index (χ1) is 4.69. The van der Waals surface area contributed by atoms with Crippen molar-refractivity contribution in [1.82, 2.24) is 0 Å². The Morgan fingerprint density at radius 3 is 2.40 bits per heavy atom. The molecule has 0 spiro atoms. The third-order valence-corrected chi connectivity index (χ3v) is 2.17. The van der Waals surface area contributed by atoms with Crippen LogP contribution in [0.3, 0.4) is 0 Å². The summed E-state index contributed by atoms with van der Waals surface area (Å²) >= 11 is 0. The normalized spacial score (nSPS) is 22.5. The maximum Gasteiger partial charge on any atom is 0.174 e. The van der Waals surface area contributed by atoms with E-state index in [1.165, 1.54) is 6.08 Å². The topological polar surface area (TPSA) is 43.1 Å². The maximum absolute atomic E-state index is 11.1. The largest absolute Gasteiger partial charge is 0.319 e. The van der Waals surface area contributed by atoms with Gasteiger partial charge < -0.3 is 5.73 Å². The highest BCUT2D eigenvalue weighted by Crippen LogP contribution is 2.27. The van der Waals surface area contributed by atoms with Gasteiger partial charge in [0.1, 0.15) is 0 Å². The van der Waals surface area contributed by atoms with Crippen LogP contribution in [0, 0.1) is 0 Å². The van der Waals surface area contributed by atoms with Crippen LogP contribution >= 0.6 is 0 Å². The zero-order valence-electron chi connectivity index (χ0n) is 6.10. The van der Waals surface area contributed by atoms with Gasteiger partial charge in [-0.1, -0.05) is 19.4 Å². The van der Waals surface area contributed by atoms with Crippen LogP contribution in [0.5, 0.6) is 0 Å². The molecule has 2 N–H and O–H groups in total. The fourth-order valence-electron chi connectivity index (χ4n) is 1.46. The lowest BCUT2D eigenvalue weighted by Gasteiger charge is -2.18. The van der Waals surface area contributed by atoms with Crippen LogP contribution in [0.4, 0.5) is 0 Å². The summed E-state index contributed by atoms with van der Waals surface area (Å²) in [4.78, 5) is 11.1. The number of carbonyl (C=O) groups is 1. The number of hydrogen-bond donors (Lipinski definition) is 1. The zero-order chi connectivity index (χ0) is 7.61. The summed E-state index contributed by atoms with van der Waals surface area (Å²) in [5, 5.41) is 0. The monoisotopic (exact) mass is 139 g/mol. The van der Waals surface area contributed by atoms with Crippen LogP contribution in [0.15, 0.2) is 12.7 Å². The minimum Gasteiger partial charge on any atom is -0.319 e. The molecule has 0 radical (unpaired) electrons. The molecule has 0 aromatic rings. The molecule has 0 heterocycles. The van der Waals surface area contributed by atoms with Gasteiger partial charge in [0.2, 0.25) is 0 Å². The molecule has 1 aliphatic rings. The Kier molecular flexibility index (Phi) is 1.90. The lowest BCUT2D eigenvalue weighted by atomic mass is 9.94. The molecule has 1 rings (SSSR count). The SMILES string of the molecule is C=CC(=O)C1(N)CCCC1. The number of nitrogens with two attached hydrogens (primary N) is 1. The first kappa shape index (κ1) is 7.48. The smallest absolute Gasteiger partial charge is 0.174 e. The van der Waals surface area contributed by atoms with Crippen molar-refractivity contribution in [3.8, 4) is 0 Å². The number of carbonyl (C=O) groups excluding carboxylic acids is 1. The molecule has 0 aliphatic heterocycles. The second-order valence-electron chi connectivity index (χ2n) is 2.93. The molecular weight excluding hydrogens is 126 g/mol. The van der Waals surface area contributed by atoms with E-state index < -0.39 is 5.54 Å². The predicted molar refractivity (Wildman–Crippen MR) is 40.6 cm³/mol. The Morgan fingerprint density at radius 2 is 2.00 bits per heavy atom. The third-order valence-electron chi connectivity index (χ3n) is 2.17. The van der Waals surface area contributed by atoms with Crippen molar-refractivity contribution in [3.63, 3.8) is 0 Å². The first-order valence-electron chi connectivity index (χ1n) is 3.65. The Bertz CT molecular complexity index is 157. The van der Waals surface area contributed by atoms with Gasteiger partial charge in [-0.15, -0.1) is 0 Å². The average molecular weight is 139 g/mol.